The largest absolute Gasteiger partial charge is 0.313 e. The number of nitrogens with zero attached hydrogens (tertiary/aromatic N) is 2. The van der Waals surface area contributed by atoms with Gasteiger partial charge in [0.05, 0.1) is 11.7 Å². The van der Waals surface area contributed by atoms with Crippen molar-refractivity contribution in [3.8, 4) is 0 Å². The summed E-state index contributed by atoms with van der Waals surface area (Å²) in [7, 11) is 0. The number of benzene rings is 2. The van der Waals surface area contributed by atoms with Crippen LogP contribution in [-0.2, 0) is 0 Å². The van der Waals surface area contributed by atoms with Gasteiger partial charge in [-0.25, -0.2) is 4.99 Å². The highest BCUT2D eigenvalue weighted by molar-refractivity contribution is 9.10. The summed E-state index contributed by atoms with van der Waals surface area (Å²) in [6.45, 7) is 3.96. The van der Waals surface area contributed by atoms with Gasteiger partial charge in [-0.2, -0.15) is 0 Å². The number of hydrogen-bond donors (Lipinski definition) is 0. The molecule has 3 rings (SSSR count). The van der Waals surface area contributed by atoms with Crippen molar-refractivity contribution in [3.63, 3.8) is 0 Å². The Morgan fingerprint density at radius 2 is 1.64 bits per heavy atom. The summed E-state index contributed by atoms with van der Waals surface area (Å²) in [6.07, 6.45) is 1.99. The highest BCUT2D eigenvalue weighted by Gasteiger charge is 2.29. The van der Waals surface area contributed by atoms with Crippen LogP contribution < -0.4 is 4.90 Å². The van der Waals surface area contributed by atoms with Gasteiger partial charge < -0.3 is 4.90 Å². The molecule has 2 aromatic carbocycles. The zero-order chi connectivity index (χ0) is 15.5. The van der Waals surface area contributed by atoms with E-state index in [9.17, 15) is 0 Å². The number of thioether (sulfide) groups is 1. The number of aliphatic imine (C=N–C) groups is 1. The van der Waals surface area contributed by atoms with Crippen molar-refractivity contribution in [1.82, 2.24) is 0 Å². The minimum atomic E-state index is 0.264. The van der Waals surface area contributed by atoms with Crippen molar-refractivity contribution in [1.29, 1.82) is 0 Å². The lowest BCUT2D eigenvalue weighted by Gasteiger charge is -2.23. The second-order valence-corrected chi connectivity index (χ2v) is 7.65. The quantitative estimate of drug-likeness (QED) is 0.546. The minimum absolute atomic E-state index is 0.264. The zero-order valence-electron chi connectivity index (χ0n) is 11.7. The Bertz CT molecular complexity index is 696. The molecule has 22 heavy (non-hydrogen) atoms. The van der Waals surface area contributed by atoms with E-state index >= 15 is 0 Å². The number of halogens is 2. The molecule has 0 saturated carbocycles. The predicted molar refractivity (Wildman–Crippen MR) is 104 cm³/mol. The van der Waals surface area contributed by atoms with Gasteiger partial charge in [0.1, 0.15) is 0 Å². The average molecular weight is 438 g/mol. The van der Waals surface area contributed by atoms with E-state index < -0.39 is 0 Å². The third-order valence-corrected chi connectivity index (χ3v) is 5.46. The maximum atomic E-state index is 4.80. The molecule has 1 fully saturated rings. The highest BCUT2D eigenvalue weighted by Crippen LogP contribution is 2.33. The molecule has 0 N–H and O–H groups in total. The maximum absolute atomic E-state index is 4.80. The lowest BCUT2D eigenvalue weighted by Crippen LogP contribution is -2.32. The number of amidine groups is 1. The monoisotopic (exact) mass is 436 g/mol. The van der Waals surface area contributed by atoms with Gasteiger partial charge in [-0.3, -0.25) is 0 Å². The third kappa shape index (κ3) is 3.47. The molecule has 0 bridgehead atoms. The third-order valence-electron chi connectivity index (χ3n) is 3.35. The van der Waals surface area contributed by atoms with Gasteiger partial charge >= 0.3 is 0 Å². The first-order chi connectivity index (χ1) is 10.7. The maximum Gasteiger partial charge on any atom is 0.169 e. The van der Waals surface area contributed by atoms with Crippen LogP contribution in [0.2, 0.25) is 0 Å². The predicted octanol–water partition coefficient (Wildman–Crippen LogP) is 6.01. The fourth-order valence-electron chi connectivity index (χ4n) is 2.24. The molecule has 1 unspecified atom stereocenters. The van der Waals surface area contributed by atoms with Crippen molar-refractivity contribution in [2.24, 2.45) is 4.99 Å². The number of rotatable bonds is 3. The second kappa shape index (κ2) is 7.02. The lowest BCUT2D eigenvalue weighted by molar-refractivity contribution is 0.927. The number of anilines is 1. The van der Waals surface area contributed by atoms with Crippen LogP contribution in [0, 0.1) is 0 Å². The Labute approximate surface area is 151 Å². The van der Waals surface area contributed by atoms with Crippen LogP contribution in [0.15, 0.2) is 75.1 Å². The molecule has 1 aliphatic rings. The average Bonchev–Trinajstić information content (AvgIpc) is 2.93. The topological polar surface area (TPSA) is 15.6 Å². The van der Waals surface area contributed by atoms with Crippen LogP contribution in [0.4, 0.5) is 11.4 Å². The first-order valence-corrected chi connectivity index (χ1v) is 9.39. The van der Waals surface area contributed by atoms with E-state index in [1.54, 1.807) is 11.8 Å². The van der Waals surface area contributed by atoms with Gasteiger partial charge in [0.25, 0.3) is 0 Å². The van der Waals surface area contributed by atoms with Gasteiger partial charge in [0.15, 0.2) is 5.17 Å². The van der Waals surface area contributed by atoms with Crippen LogP contribution in [0.5, 0.6) is 0 Å². The smallest absolute Gasteiger partial charge is 0.169 e. The van der Waals surface area contributed by atoms with Gasteiger partial charge in [-0.15, -0.1) is 6.58 Å². The molecule has 0 aromatic heterocycles. The van der Waals surface area contributed by atoms with E-state index in [-0.39, 0.29) is 6.04 Å². The minimum Gasteiger partial charge on any atom is -0.313 e. The zero-order valence-corrected chi connectivity index (χ0v) is 15.7. The van der Waals surface area contributed by atoms with Crippen molar-refractivity contribution in [2.75, 3.05) is 10.7 Å². The number of hydrogen-bond acceptors (Lipinski definition) is 2. The molecule has 0 spiro atoms. The Kier molecular flexibility index (Phi) is 5.06. The molecule has 2 aromatic rings. The normalized spacial score (nSPS) is 19.6. The molecular formula is C17H14Br2N2S. The Balaban J connectivity index is 1.96. The summed E-state index contributed by atoms with van der Waals surface area (Å²) in [5.74, 6) is 0.967. The SMILES string of the molecule is C=CC1CSC(=Nc2ccc(Br)cc2)N1c1ccc(Br)cc1. The molecule has 1 saturated heterocycles. The van der Waals surface area contributed by atoms with E-state index in [0.717, 1.165) is 31.2 Å². The molecule has 5 heteroatoms. The summed E-state index contributed by atoms with van der Waals surface area (Å²) in [4.78, 5) is 7.05. The second-order valence-electron chi connectivity index (χ2n) is 4.83. The van der Waals surface area contributed by atoms with Gasteiger partial charge in [0.2, 0.25) is 0 Å². The summed E-state index contributed by atoms with van der Waals surface area (Å²) >= 11 is 8.70. The van der Waals surface area contributed by atoms with E-state index in [0.29, 0.717) is 0 Å². The Morgan fingerprint density at radius 1 is 1.05 bits per heavy atom. The van der Waals surface area contributed by atoms with E-state index in [2.05, 4.69) is 67.6 Å². The Morgan fingerprint density at radius 3 is 2.23 bits per heavy atom. The fraction of sp³-hybridized carbons (Fsp3) is 0.118. The van der Waals surface area contributed by atoms with Crippen molar-refractivity contribution in [2.45, 2.75) is 6.04 Å². The van der Waals surface area contributed by atoms with Crippen LogP contribution in [-0.4, -0.2) is 17.0 Å². The molecule has 0 radical (unpaired) electrons. The molecule has 0 aliphatic carbocycles. The molecule has 0 amide bonds. The molecule has 112 valence electrons. The van der Waals surface area contributed by atoms with Crippen molar-refractivity contribution >= 4 is 60.2 Å². The fourth-order valence-corrected chi connectivity index (χ4v) is 3.92. The molecule has 1 atom stereocenters. The van der Waals surface area contributed by atoms with E-state index in [1.165, 1.54) is 0 Å². The standard InChI is InChI=1S/C17H14Br2N2S/c1-2-15-11-22-17(20-14-7-3-12(18)4-8-14)21(15)16-9-5-13(19)6-10-16/h2-10,15H,1,11H2. The molecular weight excluding hydrogens is 424 g/mol. The van der Waals surface area contributed by atoms with E-state index in [4.69, 9.17) is 4.99 Å². The van der Waals surface area contributed by atoms with E-state index in [1.807, 2.05) is 30.3 Å². The summed E-state index contributed by atoms with van der Waals surface area (Å²) < 4.78 is 2.13. The summed E-state index contributed by atoms with van der Waals surface area (Å²) in [5, 5.41) is 1.01. The van der Waals surface area contributed by atoms with Crippen LogP contribution in [0.25, 0.3) is 0 Å². The molecule has 2 nitrogen and oxygen atoms in total. The first-order valence-electron chi connectivity index (χ1n) is 6.82. The molecule has 1 aliphatic heterocycles. The van der Waals surface area contributed by atoms with Crippen LogP contribution in [0.3, 0.4) is 0 Å². The van der Waals surface area contributed by atoms with Crippen molar-refractivity contribution in [3.05, 3.63) is 70.1 Å². The van der Waals surface area contributed by atoms with Gasteiger partial charge in [-0.1, -0.05) is 49.7 Å². The van der Waals surface area contributed by atoms with Crippen LogP contribution >= 0.6 is 43.6 Å². The molecule has 1 heterocycles. The highest BCUT2D eigenvalue weighted by atomic mass is 79.9. The Hall–Kier alpha value is -1.04. The van der Waals surface area contributed by atoms with Crippen molar-refractivity contribution < 1.29 is 0 Å². The van der Waals surface area contributed by atoms with Crippen LogP contribution in [0.1, 0.15) is 0 Å². The summed E-state index contributed by atoms with van der Waals surface area (Å²) in [6, 6.07) is 16.6. The lowest BCUT2D eigenvalue weighted by atomic mass is 10.2. The first kappa shape index (κ1) is 15.8. The van der Waals surface area contributed by atoms with Gasteiger partial charge in [-0.05, 0) is 48.5 Å². The summed E-state index contributed by atoms with van der Waals surface area (Å²) in [5.41, 5.74) is 2.09. The van der Waals surface area contributed by atoms with Gasteiger partial charge in [0, 0.05) is 20.4 Å².